The van der Waals surface area contributed by atoms with Crippen LogP contribution in [0, 0.1) is 22.0 Å². The number of hydrogen-bond donors (Lipinski definition) is 1. The van der Waals surface area contributed by atoms with Gasteiger partial charge in [-0.1, -0.05) is 6.08 Å². The van der Waals surface area contributed by atoms with Crippen LogP contribution >= 0.6 is 0 Å². The molecule has 14 heavy (non-hydrogen) atoms. The highest BCUT2D eigenvalue weighted by Crippen LogP contribution is 2.43. The van der Waals surface area contributed by atoms with Gasteiger partial charge in [0.15, 0.2) is 5.84 Å². The molecule has 2 unspecified atom stereocenters. The van der Waals surface area contributed by atoms with Gasteiger partial charge in [-0.3, -0.25) is 10.1 Å². The fourth-order valence-electron chi connectivity index (χ4n) is 2.28. The molecule has 0 amide bonds. The molecule has 0 aromatic rings. The highest BCUT2D eigenvalue weighted by atomic mass is 16.6. The SMILES string of the molecule is NC(C[N+](=O)[O-])=NC1=CC2CCC1C2. The topological polar surface area (TPSA) is 81.5 Å². The minimum atomic E-state index is -0.452. The molecule has 5 heteroatoms. The summed E-state index contributed by atoms with van der Waals surface area (Å²) in [6, 6.07) is 0. The molecule has 0 aliphatic heterocycles. The Morgan fingerprint density at radius 3 is 3.00 bits per heavy atom. The number of amidine groups is 1. The Hall–Kier alpha value is -1.39. The van der Waals surface area contributed by atoms with Crippen molar-refractivity contribution in [3.63, 3.8) is 0 Å². The van der Waals surface area contributed by atoms with Gasteiger partial charge < -0.3 is 5.73 Å². The molecule has 2 bridgehead atoms. The molecule has 1 fully saturated rings. The minimum absolute atomic E-state index is 0.119. The molecule has 0 aromatic carbocycles. The molecule has 2 aliphatic carbocycles. The van der Waals surface area contributed by atoms with Crippen molar-refractivity contribution in [2.75, 3.05) is 6.54 Å². The average Bonchev–Trinajstić information content (AvgIpc) is 2.62. The van der Waals surface area contributed by atoms with E-state index in [9.17, 15) is 10.1 Å². The van der Waals surface area contributed by atoms with Crippen LogP contribution in [0.4, 0.5) is 0 Å². The lowest BCUT2D eigenvalue weighted by Crippen LogP contribution is -2.23. The first-order valence-electron chi connectivity index (χ1n) is 4.81. The van der Waals surface area contributed by atoms with E-state index in [1.165, 1.54) is 6.42 Å². The van der Waals surface area contributed by atoms with Gasteiger partial charge >= 0.3 is 0 Å². The van der Waals surface area contributed by atoms with Crippen LogP contribution in [0.3, 0.4) is 0 Å². The Morgan fingerprint density at radius 1 is 1.71 bits per heavy atom. The van der Waals surface area contributed by atoms with Gasteiger partial charge in [-0.25, -0.2) is 4.99 Å². The Morgan fingerprint density at radius 2 is 2.50 bits per heavy atom. The van der Waals surface area contributed by atoms with Crippen LogP contribution < -0.4 is 5.73 Å². The van der Waals surface area contributed by atoms with Crippen LogP contribution in [0.1, 0.15) is 19.3 Å². The molecule has 0 radical (unpaired) electrons. The maximum Gasteiger partial charge on any atom is 0.260 e. The van der Waals surface area contributed by atoms with E-state index < -0.39 is 4.92 Å². The molecule has 2 atom stereocenters. The zero-order valence-electron chi connectivity index (χ0n) is 7.85. The normalized spacial score (nSPS) is 30.6. The molecule has 76 valence electrons. The first-order chi connectivity index (χ1) is 6.65. The van der Waals surface area contributed by atoms with Crippen molar-refractivity contribution < 1.29 is 4.92 Å². The maximum absolute atomic E-state index is 10.2. The molecule has 0 aromatic heterocycles. The lowest BCUT2D eigenvalue weighted by atomic mass is 10.1. The molecule has 0 spiro atoms. The van der Waals surface area contributed by atoms with Gasteiger partial charge in [0.2, 0.25) is 0 Å². The molecule has 0 saturated heterocycles. The summed E-state index contributed by atoms with van der Waals surface area (Å²) >= 11 is 0. The number of allylic oxidation sites excluding steroid dienone is 2. The van der Waals surface area contributed by atoms with Gasteiger partial charge in [-0.2, -0.15) is 0 Å². The summed E-state index contributed by atoms with van der Waals surface area (Å²) in [5.74, 6) is 1.27. The summed E-state index contributed by atoms with van der Waals surface area (Å²) in [7, 11) is 0. The standard InChI is InChI=1S/C9H13N3O2/c10-9(5-12(13)14)11-8-4-6-1-2-7(8)3-6/h4,6-7H,1-3,5H2,(H2,10,11). The number of nitrogens with zero attached hydrogens (tertiary/aromatic N) is 2. The average molecular weight is 195 g/mol. The summed E-state index contributed by atoms with van der Waals surface area (Å²) in [5.41, 5.74) is 6.43. The van der Waals surface area contributed by atoms with Crippen LogP contribution in [0.15, 0.2) is 16.8 Å². The van der Waals surface area contributed by atoms with Crippen LogP contribution in [0.2, 0.25) is 0 Å². The van der Waals surface area contributed by atoms with E-state index in [2.05, 4.69) is 11.1 Å². The van der Waals surface area contributed by atoms with Crippen LogP contribution in [-0.4, -0.2) is 17.3 Å². The van der Waals surface area contributed by atoms with Gasteiger partial charge in [-0.15, -0.1) is 0 Å². The van der Waals surface area contributed by atoms with Gasteiger partial charge in [0.05, 0.1) is 0 Å². The van der Waals surface area contributed by atoms with Crippen LogP contribution in [-0.2, 0) is 0 Å². The van der Waals surface area contributed by atoms with Gasteiger partial charge in [-0.05, 0) is 25.2 Å². The number of fused-ring (bicyclic) bond motifs is 2. The maximum atomic E-state index is 10.2. The summed E-state index contributed by atoms with van der Waals surface area (Å²) in [6.07, 6.45) is 5.66. The lowest BCUT2D eigenvalue weighted by Gasteiger charge is -2.08. The summed E-state index contributed by atoms with van der Waals surface area (Å²) in [6.45, 7) is -0.352. The lowest BCUT2D eigenvalue weighted by molar-refractivity contribution is -0.463. The Balaban J connectivity index is 2.03. The van der Waals surface area contributed by atoms with Crippen molar-refractivity contribution in [2.45, 2.75) is 19.3 Å². The molecule has 2 rings (SSSR count). The molecular formula is C9H13N3O2. The number of rotatable bonds is 3. The Labute approximate surface area is 81.8 Å². The fraction of sp³-hybridized carbons (Fsp3) is 0.667. The monoisotopic (exact) mass is 195 g/mol. The van der Waals surface area contributed by atoms with Crippen molar-refractivity contribution in [3.8, 4) is 0 Å². The summed E-state index contributed by atoms with van der Waals surface area (Å²) in [4.78, 5) is 13.8. The van der Waals surface area contributed by atoms with E-state index in [-0.39, 0.29) is 12.4 Å². The third-order valence-corrected chi connectivity index (χ3v) is 2.86. The molecular weight excluding hydrogens is 182 g/mol. The number of nitro groups is 1. The van der Waals surface area contributed by atoms with Crippen LogP contribution in [0.25, 0.3) is 0 Å². The summed E-state index contributed by atoms with van der Waals surface area (Å²) < 4.78 is 0. The largest absolute Gasteiger partial charge is 0.382 e. The van der Waals surface area contributed by atoms with E-state index >= 15 is 0 Å². The van der Waals surface area contributed by atoms with Gasteiger partial charge in [0.25, 0.3) is 6.54 Å². The molecule has 2 aliphatic rings. The van der Waals surface area contributed by atoms with Crippen molar-refractivity contribution in [1.29, 1.82) is 0 Å². The summed E-state index contributed by atoms with van der Waals surface area (Å²) in [5, 5.41) is 10.2. The molecule has 2 N–H and O–H groups in total. The van der Waals surface area contributed by atoms with Crippen molar-refractivity contribution >= 4 is 5.84 Å². The van der Waals surface area contributed by atoms with Crippen molar-refractivity contribution in [1.82, 2.24) is 0 Å². The first-order valence-corrected chi connectivity index (χ1v) is 4.81. The third kappa shape index (κ3) is 1.76. The van der Waals surface area contributed by atoms with E-state index in [1.54, 1.807) is 0 Å². The van der Waals surface area contributed by atoms with E-state index in [1.807, 2.05) is 0 Å². The zero-order chi connectivity index (χ0) is 10.1. The van der Waals surface area contributed by atoms with Crippen LogP contribution in [0.5, 0.6) is 0 Å². The fourth-order valence-corrected chi connectivity index (χ4v) is 2.28. The van der Waals surface area contributed by atoms with E-state index in [0.29, 0.717) is 11.8 Å². The Kier molecular flexibility index (Phi) is 2.23. The highest BCUT2D eigenvalue weighted by molar-refractivity contribution is 5.82. The number of hydrogen-bond acceptors (Lipinski definition) is 3. The second kappa shape index (κ2) is 3.40. The van der Waals surface area contributed by atoms with Gasteiger partial charge in [0.1, 0.15) is 0 Å². The first kappa shape index (κ1) is 9.18. The van der Waals surface area contributed by atoms with E-state index in [0.717, 1.165) is 18.5 Å². The van der Waals surface area contributed by atoms with E-state index in [4.69, 9.17) is 5.73 Å². The van der Waals surface area contributed by atoms with Crippen molar-refractivity contribution in [3.05, 3.63) is 21.9 Å². The predicted octanol–water partition coefficient (Wildman–Crippen LogP) is 0.934. The van der Waals surface area contributed by atoms with Crippen molar-refractivity contribution in [2.24, 2.45) is 22.6 Å². The number of nitrogens with two attached hydrogens (primary N) is 1. The third-order valence-electron chi connectivity index (χ3n) is 2.86. The van der Waals surface area contributed by atoms with Gasteiger partial charge in [0, 0.05) is 16.5 Å². The molecule has 5 nitrogen and oxygen atoms in total. The smallest absolute Gasteiger partial charge is 0.260 e. The second-order valence-electron chi connectivity index (χ2n) is 3.96. The highest BCUT2D eigenvalue weighted by Gasteiger charge is 2.32. The molecule has 0 heterocycles. The second-order valence-corrected chi connectivity index (χ2v) is 3.96. The predicted molar refractivity (Wildman–Crippen MR) is 52.4 cm³/mol. The number of aliphatic imine (C=N–C) groups is 1. The Bertz CT molecular complexity index is 322. The molecule has 1 saturated carbocycles. The minimum Gasteiger partial charge on any atom is -0.382 e. The quantitative estimate of drug-likeness (QED) is 0.315. The zero-order valence-corrected chi connectivity index (χ0v) is 7.85.